The van der Waals surface area contributed by atoms with Crippen molar-refractivity contribution in [2.45, 2.75) is 26.7 Å². The van der Waals surface area contributed by atoms with Gasteiger partial charge in [0.1, 0.15) is 0 Å². The van der Waals surface area contributed by atoms with Gasteiger partial charge in [0.2, 0.25) is 0 Å². The molecule has 0 bridgehead atoms. The average molecular weight is 302 g/mol. The molecule has 0 aliphatic rings. The second-order valence-electron chi connectivity index (χ2n) is 4.43. The van der Waals surface area contributed by atoms with Gasteiger partial charge < -0.3 is 5.32 Å². The SMILES string of the molecule is CCC(CC)(CBr)CNC(=O)c1cnn(C)c1. The smallest absolute Gasteiger partial charge is 0.254 e. The van der Waals surface area contributed by atoms with Gasteiger partial charge in [-0.2, -0.15) is 5.10 Å². The Balaban J connectivity index is 2.58. The lowest BCUT2D eigenvalue weighted by atomic mass is 9.84. The lowest BCUT2D eigenvalue weighted by Gasteiger charge is -2.29. The molecule has 0 fully saturated rings. The summed E-state index contributed by atoms with van der Waals surface area (Å²) in [6.07, 6.45) is 5.40. The zero-order valence-electron chi connectivity index (χ0n) is 10.7. The number of carbonyl (C=O) groups excluding carboxylic acids is 1. The molecule has 96 valence electrons. The molecule has 1 amide bonds. The van der Waals surface area contributed by atoms with Gasteiger partial charge in [-0.1, -0.05) is 29.8 Å². The van der Waals surface area contributed by atoms with E-state index in [9.17, 15) is 4.79 Å². The van der Waals surface area contributed by atoms with Crippen molar-refractivity contribution < 1.29 is 4.79 Å². The third-order valence-corrected chi connectivity index (χ3v) is 4.56. The van der Waals surface area contributed by atoms with Crippen LogP contribution >= 0.6 is 15.9 Å². The molecular formula is C12H20BrN3O. The fourth-order valence-corrected chi connectivity index (χ4v) is 2.64. The normalized spacial score (nSPS) is 11.5. The van der Waals surface area contributed by atoms with Crippen LogP contribution in [-0.4, -0.2) is 27.6 Å². The van der Waals surface area contributed by atoms with Crippen molar-refractivity contribution in [3.8, 4) is 0 Å². The molecule has 1 rings (SSSR count). The molecule has 0 aliphatic carbocycles. The van der Waals surface area contributed by atoms with Crippen LogP contribution in [-0.2, 0) is 7.05 Å². The number of rotatable bonds is 6. The van der Waals surface area contributed by atoms with Gasteiger partial charge in [-0.05, 0) is 18.3 Å². The first-order chi connectivity index (χ1) is 8.06. The van der Waals surface area contributed by atoms with Gasteiger partial charge in [-0.3, -0.25) is 9.48 Å². The number of aryl methyl sites for hydroxylation is 1. The number of alkyl halides is 1. The molecule has 1 aromatic heterocycles. The van der Waals surface area contributed by atoms with Crippen LogP contribution in [0.15, 0.2) is 12.4 Å². The number of nitrogens with zero attached hydrogens (tertiary/aromatic N) is 2. The molecule has 0 saturated carbocycles. The Kier molecular flexibility index (Phi) is 5.18. The second-order valence-corrected chi connectivity index (χ2v) is 4.99. The summed E-state index contributed by atoms with van der Waals surface area (Å²) in [7, 11) is 1.80. The monoisotopic (exact) mass is 301 g/mol. The van der Waals surface area contributed by atoms with E-state index in [1.807, 2.05) is 0 Å². The molecule has 0 aromatic carbocycles. The molecule has 0 saturated heterocycles. The summed E-state index contributed by atoms with van der Waals surface area (Å²) < 4.78 is 1.63. The van der Waals surface area contributed by atoms with E-state index in [0.29, 0.717) is 12.1 Å². The molecule has 0 aliphatic heterocycles. The van der Waals surface area contributed by atoms with Crippen LogP contribution in [0.2, 0.25) is 0 Å². The first kappa shape index (κ1) is 14.2. The van der Waals surface area contributed by atoms with Gasteiger partial charge in [0.05, 0.1) is 11.8 Å². The predicted octanol–water partition coefficient (Wildman–Crippen LogP) is 2.35. The number of nitrogens with one attached hydrogen (secondary N) is 1. The lowest BCUT2D eigenvalue weighted by Crippen LogP contribution is -2.38. The minimum Gasteiger partial charge on any atom is -0.351 e. The van der Waals surface area contributed by atoms with E-state index in [0.717, 1.165) is 18.2 Å². The summed E-state index contributed by atoms with van der Waals surface area (Å²) in [4.78, 5) is 11.9. The van der Waals surface area contributed by atoms with E-state index in [2.05, 4.69) is 40.2 Å². The Labute approximate surface area is 111 Å². The van der Waals surface area contributed by atoms with Crippen LogP contribution in [0.1, 0.15) is 37.0 Å². The van der Waals surface area contributed by atoms with Crippen LogP contribution in [0.5, 0.6) is 0 Å². The van der Waals surface area contributed by atoms with Crippen LogP contribution in [0.3, 0.4) is 0 Å². The van der Waals surface area contributed by atoms with Crippen LogP contribution in [0.25, 0.3) is 0 Å². The van der Waals surface area contributed by atoms with Crippen molar-refractivity contribution >= 4 is 21.8 Å². The van der Waals surface area contributed by atoms with Crippen molar-refractivity contribution in [2.24, 2.45) is 12.5 Å². The summed E-state index contributed by atoms with van der Waals surface area (Å²) in [5.41, 5.74) is 0.765. The molecule has 0 atom stereocenters. The predicted molar refractivity (Wildman–Crippen MR) is 72.4 cm³/mol. The number of amides is 1. The van der Waals surface area contributed by atoms with Crippen LogP contribution in [0.4, 0.5) is 0 Å². The Hall–Kier alpha value is -0.840. The third kappa shape index (κ3) is 3.56. The zero-order valence-corrected chi connectivity index (χ0v) is 12.2. The van der Waals surface area contributed by atoms with Crippen LogP contribution < -0.4 is 5.32 Å². The molecule has 5 heteroatoms. The van der Waals surface area contributed by atoms with E-state index in [4.69, 9.17) is 0 Å². The number of hydrogen-bond acceptors (Lipinski definition) is 2. The van der Waals surface area contributed by atoms with E-state index in [-0.39, 0.29) is 11.3 Å². The molecule has 0 radical (unpaired) electrons. The molecule has 17 heavy (non-hydrogen) atoms. The standard InChI is InChI=1S/C12H20BrN3O/c1-4-12(5-2,8-13)9-14-11(17)10-6-15-16(3)7-10/h6-7H,4-5,8-9H2,1-3H3,(H,14,17). The average Bonchev–Trinajstić information content (AvgIpc) is 2.78. The first-order valence-electron chi connectivity index (χ1n) is 5.89. The lowest BCUT2D eigenvalue weighted by molar-refractivity contribution is 0.0932. The second kappa shape index (κ2) is 6.19. The van der Waals surface area contributed by atoms with Crippen molar-refractivity contribution in [3.63, 3.8) is 0 Å². The fraction of sp³-hybridized carbons (Fsp3) is 0.667. The fourth-order valence-electron chi connectivity index (χ4n) is 1.64. The number of aromatic nitrogens is 2. The van der Waals surface area contributed by atoms with Gasteiger partial charge in [0, 0.05) is 25.1 Å². The van der Waals surface area contributed by atoms with Gasteiger partial charge >= 0.3 is 0 Å². The molecule has 1 aromatic rings. The molecule has 4 nitrogen and oxygen atoms in total. The summed E-state index contributed by atoms with van der Waals surface area (Å²) >= 11 is 3.54. The third-order valence-electron chi connectivity index (χ3n) is 3.37. The van der Waals surface area contributed by atoms with Crippen molar-refractivity contribution in [1.82, 2.24) is 15.1 Å². The highest BCUT2D eigenvalue weighted by Gasteiger charge is 2.25. The Bertz CT molecular complexity index is 363. The van der Waals surface area contributed by atoms with Gasteiger partial charge in [-0.15, -0.1) is 0 Å². The van der Waals surface area contributed by atoms with Crippen molar-refractivity contribution in [2.75, 3.05) is 11.9 Å². The minimum absolute atomic E-state index is 0.0506. The number of hydrogen-bond donors (Lipinski definition) is 1. The highest BCUT2D eigenvalue weighted by molar-refractivity contribution is 9.09. The van der Waals surface area contributed by atoms with E-state index < -0.39 is 0 Å². The van der Waals surface area contributed by atoms with Gasteiger partial charge in [0.15, 0.2) is 0 Å². The highest BCUT2D eigenvalue weighted by Crippen LogP contribution is 2.27. The van der Waals surface area contributed by atoms with E-state index in [1.54, 1.807) is 24.1 Å². The molecule has 1 heterocycles. The minimum atomic E-state index is -0.0506. The number of carbonyl (C=O) groups is 1. The van der Waals surface area contributed by atoms with Crippen molar-refractivity contribution in [3.05, 3.63) is 18.0 Å². The first-order valence-corrected chi connectivity index (χ1v) is 7.02. The topological polar surface area (TPSA) is 46.9 Å². The number of halogens is 1. The van der Waals surface area contributed by atoms with E-state index in [1.165, 1.54) is 0 Å². The quantitative estimate of drug-likeness (QED) is 0.820. The summed E-state index contributed by atoms with van der Waals surface area (Å²) in [6, 6.07) is 0. The maximum atomic E-state index is 11.9. The highest BCUT2D eigenvalue weighted by atomic mass is 79.9. The molecule has 0 unspecified atom stereocenters. The Morgan fingerprint density at radius 2 is 2.18 bits per heavy atom. The zero-order chi connectivity index (χ0) is 12.9. The Morgan fingerprint density at radius 1 is 1.53 bits per heavy atom. The maximum Gasteiger partial charge on any atom is 0.254 e. The molecule has 0 spiro atoms. The molecular weight excluding hydrogens is 282 g/mol. The van der Waals surface area contributed by atoms with Crippen LogP contribution in [0, 0.1) is 5.41 Å². The molecule has 1 N–H and O–H groups in total. The summed E-state index contributed by atoms with van der Waals surface area (Å²) in [5.74, 6) is -0.0506. The van der Waals surface area contributed by atoms with E-state index >= 15 is 0 Å². The summed E-state index contributed by atoms with van der Waals surface area (Å²) in [6.45, 7) is 5.00. The largest absolute Gasteiger partial charge is 0.351 e. The summed E-state index contributed by atoms with van der Waals surface area (Å²) in [5, 5.41) is 7.88. The van der Waals surface area contributed by atoms with Gasteiger partial charge in [-0.25, -0.2) is 0 Å². The van der Waals surface area contributed by atoms with Gasteiger partial charge in [0.25, 0.3) is 5.91 Å². The maximum absolute atomic E-state index is 11.9. The Morgan fingerprint density at radius 3 is 2.59 bits per heavy atom. The van der Waals surface area contributed by atoms with Crippen molar-refractivity contribution in [1.29, 1.82) is 0 Å².